The predicted octanol–water partition coefficient (Wildman–Crippen LogP) is 1.72. The highest BCUT2D eigenvalue weighted by atomic mass is 79.9. The molecule has 0 aromatic carbocycles. The maximum Gasteiger partial charge on any atom is 0.352 e. The molecule has 1 aliphatic rings. The van der Waals surface area contributed by atoms with E-state index in [1.807, 2.05) is 0 Å². The molecule has 1 unspecified atom stereocenters. The van der Waals surface area contributed by atoms with Crippen molar-refractivity contribution >= 4 is 27.7 Å². The van der Waals surface area contributed by atoms with Gasteiger partial charge in [0.2, 0.25) is 5.78 Å². The third-order valence-corrected chi connectivity index (χ3v) is 3.34. The largest absolute Gasteiger partial charge is 0.466 e. The number of esters is 1. The fourth-order valence-electron chi connectivity index (χ4n) is 1.80. The lowest BCUT2D eigenvalue weighted by atomic mass is 9.91. The van der Waals surface area contributed by atoms with Gasteiger partial charge in [0.05, 0.1) is 7.11 Å². The number of ketones is 1. The standard InChI is InChI=1S/C10H9BrFNO3/c1-16-9(15)10(12)3-5-13-4-2-6(11)7(13)8(10)14/h2,4H,3,5H2,1H3. The van der Waals surface area contributed by atoms with Crippen LogP contribution in [0.25, 0.3) is 0 Å². The van der Waals surface area contributed by atoms with Crippen LogP contribution in [0.4, 0.5) is 4.39 Å². The molecule has 2 rings (SSSR count). The van der Waals surface area contributed by atoms with Crippen molar-refractivity contribution in [1.82, 2.24) is 4.57 Å². The fraction of sp³-hybridized carbons (Fsp3) is 0.400. The van der Waals surface area contributed by atoms with Gasteiger partial charge in [-0.05, 0) is 22.0 Å². The molecule has 86 valence electrons. The third kappa shape index (κ3) is 1.40. The zero-order valence-corrected chi connectivity index (χ0v) is 10.1. The van der Waals surface area contributed by atoms with E-state index in [0.717, 1.165) is 7.11 Å². The molecule has 1 atom stereocenters. The topological polar surface area (TPSA) is 48.3 Å². The van der Waals surface area contributed by atoms with Crippen LogP contribution in [0.2, 0.25) is 0 Å². The summed E-state index contributed by atoms with van der Waals surface area (Å²) in [6.45, 7) is 0.276. The molecule has 0 spiro atoms. The maximum absolute atomic E-state index is 14.2. The van der Waals surface area contributed by atoms with Crippen LogP contribution in [-0.2, 0) is 16.1 Å². The first-order valence-corrected chi connectivity index (χ1v) is 5.47. The number of nitrogens with zero attached hydrogens (tertiary/aromatic N) is 1. The van der Waals surface area contributed by atoms with E-state index in [4.69, 9.17) is 0 Å². The van der Waals surface area contributed by atoms with Crippen molar-refractivity contribution in [1.29, 1.82) is 0 Å². The van der Waals surface area contributed by atoms with Crippen LogP contribution in [0.3, 0.4) is 0 Å². The second kappa shape index (κ2) is 3.69. The average Bonchev–Trinajstić information content (AvgIpc) is 2.65. The molecule has 1 aliphatic heterocycles. The molecule has 0 bridgehead atoms. The number of aromatic nitrogens is 1. The molecule has 0 amide bonds. The number of carbonyl (C=O) groups is 2. The summed E-state index contributed by atoms with van der Waals surface area (Å²) in [6.07, 6.45) is 1.49. The minimum absolute atomic E-state index is 0.180. The molecule has 1 aromatic heterocycles. The number of fused-ring (bicyclic) bond motifs is 1. The van der Waals surface area contributed by atoms with Gasteiger partial charge in [-0.15, -0.1) is 0 Å². The smallest absolute Gasteiger partial charge is 0.352 e. The minimum Gasteiger partial charge on any atom is -0.466 e. The van der Waals surface area contributed by atoms with Crippen molar-refractivity contribution in [2.75, 3.05) is 7.11 Å². The van der Waals surface area contributed by atoms with E-state index in [0.29, 0.717) is 4.47 Å². The molecule has 1 aromatic rings. The SMILES string of the molecule is COC(=O)C1(F)CCn2ccc(Br)c2C1=O. The van der Waals surface area contributed by atoms with Crippen LogP contribution >= 0.6 is 15.9 Å². The normalized spacial score (nSPS) is 24.1. The van der Waals surface area contributed by atoms with E-state index in [-0.39, 0.29) is 18.7 Å². The Bertz CT molecular complexity index is 471. The van der Waals surface area contributed by atoms with E-state index in [9.17, 15) is 14.0 Å². The van der Waals surface area contributed by atoms with Crippen LogP contribution in [0, 0.1) is 0 Å². The highest BCUT2D eigenvalue weighted by Gasteiger charge is 2.51. The van der Waals surface area contributed by atoms with Gasteiger partial charge in [-0.2, -0.15) is 0 Å². The maximum atomic E-state index is 14.2. The summed E-state index contributed by atoms with van der Waals surface area (Å²) in [6, 6.07) is 1.65. The van der Waals surface area contributed by atoms with E-state index < -0.39 is 17.4 Å². The van der Waals surface area contributed by atoms with Crippen LogP contribution < -0.4 is 0 Å². The molecule has 0 aliphatic carbocycles. The van der Waals surface area contributed by atoms with Gasteiger partial charge in [-0.1, -0.05) is 0 Å². The van der Waals surface area contributed by atoms with Gasteiger partial charge in [0.15, 0.2) is 0 Å². The molecule has 0 radical (unpaired) electrons. The Balaban J connectivity index is 2.48. The van der Waals surface area contributed by atoms with Gasteiger partial charge in [-0.3, -0.25) is 4.79 Å². The summed E-state index contributed by atoms with van der Waals surface area (Å²) < 4.78 is 20.7. The highest BCUT2D eigenvalue weighted by Crippen LogP contribution is 2.33. The van der Waals surface area contributed by atoms with E-state index in [1.54, 1.807) is 16.8 Å². The molecule has 2 heterocycles. The molecule has 6 heteroatoms. The summed E-state index contributed by atoms with van der Waals surface area (Å²) in [5, 5.41) is 0. The Morgan fingerprint density at radius 1 is 1.69 bits per heavy atom. The molecule has 0 fully saturated rings. The summed E-state index contributed by atoms with van der Waals surface area (Å²) in [7, 11) is 1.07. The van der Waals surface area contributed by atoms with Gasteiger partial charge in [0.1, 0.15) is 5.69 Å². The number of hydrogen-bond donors (Lipinski definition) is 0. The first-order valence-electron chi connectivity index (χ1n) is 4.67. The molecule has 0 N–H and O–H groups in total. The Morgan fingerprint density at radius 3 is 3.00 bits per heavy atom. The first kappa shape index (κ1) is 11.3. The molecular weight excluding hydrogens is 281 g/mol. The van der Waals surface area contributed by atoms with Crippen LogP contribution in [-0.4, -0.2) is 29.1 Å². The van der Waals surface area contributed by atoms with Gasteiger partial charge < -0.3 is 9.30 Å². The van der Waals surface area contributed by atoms with E-state index in [2.05, 4.69) is 20.7 Å². The lowest BCUT2D eigenvalue weighted by Crippen LogP contribution is -2.47. The lowest BCUT2D eigenvalue weighted by molar-refractivity contribution is -0.152. The van der Waals surface area contributed by atoms with E-state index in [1.165, 1.54) is 0 Å². The number of carbonyl (C=O) groups excluding carboxylic acids is 2. The van der Waals surface area contributed by atoms with Crippen molar-refractivity contribution < 1.29 is 18.7 Å². The Morgan fingerprint density at radius 2 is 2.38 bits per heavy atom. The first-order chi connectivity index (χ1) is 7.50. The van der Waals surface area contributed by atoms with Crippen molar-refractivity contribution in [2.45, 2.75) is 18.6 Å². The lowest BCUT2D eigenvalue weighted by Gasteiger charge is -2.27. The Labute approximate surface area is 99.5 Å². The number of halogens is 2. The quantitative estimate of drug-likeness (QED) is 0.584. The van der Waals surface area contributed by atoms with Crippen LogP contribution in [0.1, 0.15) is 16.9 Å². The molecular formula is C10H9BrFNO3. The van der Waals surface area contributed by atoms with Crippen molar-refractivity contribution in [3.8, 4) is 0 Å². The molecule has 4 nitrogen and oxygen atoms in total. The zero-order valence-electron chi connectivity index (χ0n) is 8.50. The van der Waals surface area contributed by atoms with Crippen molar-refractivity contribution in [2.24, 2.45) is 0 Å². The molecule has 0 saturated heterocycles. The van der Waals surface area contributed by atoms with E-state index >= 15 is 0 Å². The van der Waals surface area contributed by atoms with Gasteiger partial charge in [-0.25, -0.2) is 9.18 Å². The number of hydrogen-bond acceptors (Lipinski definition) is 3. The minimum atomic E-state index is -2.55. The van der Waals surface area contributed by atoms with Crippen molar-refractivity contribution in [3.05, 3.63) is 22.4 Å². The van der Waals surface area contributed by atoms with Gasteiger partial charge in [0.25, 0.3) is 5.67 Å². The summed E-state index contributed by atoms with van der Waals surface area (Å²) in [5.74, 6) is -1.97. The van der Waals surface area contributed by atoms with Crippen LogP contribution in [0.15, 0.2) is 16.7 Å². The average molecular weight is 290 g/mol. The van der Waals surface area contributed by atoms with Gasteiger partial charge in [0, 0.05) is 23.6 Å². The highest BCUT2D eigenvalue weighted by molar-refractivity contribution is 9.10. The monoisotopic (exact) mass is 289 g/mol. The number of Topliss-reactive ketones (excluding diaryl/α,β-unsaturated/α-hetero) is 1. The number of aryl methyl sites for hydroxylation is 1. The zero-order chi connectivity index (χ0) is 11.9. The molecule has 16 heavy (non-hydrogen) atoms. The summed E-state index contributed by atoms with van der Waals surface area (Å²) >= 11 is 3.15. The van der Waals surface area contributed by atoms with Crippen LogP contribution in [0.5, 0.6) is 0 Å². The Hall–Kier alpha value is -1.17. The second-order valence-electron chi connectivity index (χ2n) is 3.58. The number of rotatable bonds is 1. The van der Waals surface area contributed by atoms with Crippen molar-refractivity contribution in [3.63, 3.8) is 0 Å². The second-order valence-corrected chi connectivity index (χ2v) is 4.43. The Kier molecular flexibility index (Phi) is 2.61. The summed E-state index contributed by atoms with van der Waals surface area (Å²) in [5.41, 5.74) is -2.37. The molecule has 0 saturated carbocycles. The fourth-order valence-corrected chi connectivity index (χ4v) is 2.33. The number of alkyl halides is 1. The number of methoxy groups -OCH3 is 1. The third-order valence-electron chi connectivity index (χ3n) is 2.70. The number of ether oxygens (including phenoxy) is 1. The summed E-state index contributed by atoms with van der Waals surface area (Å²) in [4.78, 5) is 23.2. The predicted molar refractivity (Wildman–Crippen MR) is 56.9 cm³/mol. The van der Waals surface area contributed by atoms with Gasteiger partial charge >= 0.3 is 5.97 Å².